The van der Waals surface area contributed by atoms with Crippen LogP contribution < -0.4 is 0 Å². The maximum Gasteiger partial charge on any atom is 0.338 e. The van der Waals surface area contributed by atoms with Gasteiger partial charge in [0.25, 0.3) is 0 Å². The second-order valence-corrected chi connectivity index (χ2v) is 7.06. The summed E-state index contributed by atoms with van der Waals surface area (Å²) in [6.07, 6.45) is 8.18. The van der Waals surface area contributed by atoms with Crippen molar-refractivity contribution in [2.45, 2.75) is 78.2 Å². The van der Waals surface area contributed by atoms with E-state index in [1.807, 2.05) is 0 Å². The lowest BCUT2D eigenvalue weighted by Gasteiger charge is -2.19. The van der Waals surface area contributed by atoms with Crippen LogP contribution in [-0.2, 0) is 4.74 Å². The Hall–Kier alpha value is -1.91. The summed E-state index contributed by atoms with van der Waals surface area (Å²) in [5, 5.41) is 28.5. The maximum atomic E-state index is 12.3. The van der Waals surface area contributed by atoms with Gasteiger partial charge >= 0.3 is 5.97 Å². The molecule has 0 amide bonds. The van der Waals surface area contributed by atoms with Gasteiger partial charge in [-0.05, 0) is 43.7 Å². The summed E-state index contributed by atoms with van der Waals surface area (Å²) in [5.74, 6) is -1.77. The monoisotopic (exact) mass is 352 g/mol. The molecule has 0 aromatic heterocycles. The topological polar surface area (TPSA) is 87.0 Å². The molecule has 0 aliphatic heterocycles. The number of rotatable bonds is 11. The van der Waals surface area contributed by atoms with E-state index in [1.54, 1.807) is 0 Å². The summed E-state index contributed by atoms with van der Waals surface area (Å²) >= 11 is 0. The van der Waals surface area contributed by atoms with Crippen molar-refractivity contribution in [1.82, 2.24) is 0 Å². The van der Waals surface area contributed by atoms with E-state index < -0.39 is 23.2 Å². The number of phenols is 3. The minimum absolute atomic E-state index is 0.0355. The molecule has 1 rings (SSSR count). The SMILES string of the molecule is CCCCCCCC(CCC(C)C)OC(=O)c1cc(O)c(O)c(O)c1. The van der Waals surface area contributed by atoms with E-state index in [0.717, 1.165) is 44.2 Å². The van der Waals surface area contributed by atoms with Crippen LogP contribution in [-0.4, -0.2) is 27.4 Å². The molecule has 0 bridgehead atoms. The average molecular weight is 352 g/mol. The van der Waals surface area contributed by atoms with Gasteiger partial charge in [-0.25, -0.2) is 4.79 Å². The highest BCUT2D eigenvalue weighted by atomic mass is 16.5. The largest absolute Gasteiger partial charge is 0.504 e. The highest BCUT2D eigenvalue weighted by Crippen LogP contribution is 2.35. The van der Waals surface area contributed by atoms with E-state index in [0.29, 0.717) is 5.92 Å². The molecule has 0 saturated heterocycles. The van der Waals surface area contributed by atoms with Crippen LogP contribution in [0.15, 0.2) is 12.1 Å². The Morgan fingerprint density at radius 3 is 2.12 bits per heavy atom. The molecule has 5 nitrogen and oxygen atoms in total. The first-order valence-corrected chi connectivity index (χ1v) is 9.31. The number of carbonyl (C=O) groups is 1. The van der Waals surface area contributed by atoms with Crippen molar-refractivity contribution < 1.29 is 24.9 Å². The van der Waals surface area contributed by atoms with Gasteiger partial charge in [0.1, 0.15) is 6.10 Å². The number of hydrogen-bond donors (Lipinski definition) is 3. The lowest BCUT2D eigenvalue weighted by molar-refractivity contribution is 0.0241. The quantitative estimate of drug-likeness (QED) is 0.292. The van der Waals surface area contributed by atoms with Crippen LogP contribution in [0.1, 0.15) is 82.5 Å². The molecule has 1 atom stereocenters. The third-order valence-electron chi connectivity index (χ3n) is 4.27. The van der Waals surface area contributed by atoms with Gasteiger partial charge in [-0.3, -0.25) is 0 Å². The molecule has 0 heterocycles. The number of benzene rings is 1. The molecule has 0 radical (unpaired) electrons. The highest BCUT2D eigenvalue weighted by Gasteiger charge is 2.19. The Morgan fingerprint density at radius 2 is 1.56 bits per heavy atom. The van der Waals surface area contributed by atoms with Crippen molar-refractivity contribution in [3.8, 4) is 17.2 Å². The first-order chi connectivity index (χ1) is 11.8. The van der Waals surface area contributed by atoms with E-state index in [-0.39, 0.29) is 11.7 Å². The molecule has 1 unspecified atom stereocenters. The fraction of sp³-hybridized carbons (Fsp3) is 0.650. The van der Waals surface area contributed by atoms with Crippen LogP contribution in [0.25, 0.3) is 0 Å². The van der Waals surface area contributed by atoms with Gasteiger partial charge in [0.05, 0.1) is 5.56 Å². The zero-order valence-corrected chi connectivity index (χ0v) is 15.6. The third-order valence-corrected chi connectivity index (χ3v) is 4.27. The second-order valence-electron chi connectivity index (χ2n) is 7.06. The second kappa shape index (κ2) is 10.9. The van der Waals surface area contributed by atoms with Gasteiger partial charge in [-0.1, -0.05) is 46.5 Å². The van der Waals surface area contributed by atoms with Crippen LogP contribution >= 0.6 is 0 Å². The zero-order chi connectivity index (χ0) is 18.8. The van der Waals surface area contributed by atoms with Gasteiger partial charge < -0.3 is 20.1 Å². The van der Waals surface area contributed by atoms with Crippen molar-refractivity contribution in [2.24, 2.45) is 5.92 Å². The minimum Gasteiger partial charge on any atom is -0.504 e. The van der Waals surface area contributed by atoms with Crippen molar-refractivity contribution in [3.63, 3.8) is 0 Å². The summed E-state index contributed by atoms with van der Waals surface area (Å²) in [7, 11) is 0. The Labute approximate surface area is 150 Å². The number of carbonyl (C=O) groups excluding carboxylic acids is 1. The smallest absolute Gasteiger partial charge is 0.338 e. The molecular formula is C20H32O5. The Bertz CT molecular complexity index is 516. The molecule has 142 valence electrons. The summed E-state index contributed by atoms with van der Waals surface area (Å²) in [5.41, 5.74) is 0.0355. The standard InChI is InChI=1S/C20H32O5/c1-4-5-6-7-8-9-16(11-10-14(2)3)25-20(24)15-12-17(21)19(23)18(22)13-15/h12-14,16,21-23H,4-11H2,1-3H3. The normalized spacial score (nSPS) is 12.3. The van der Waals surface area contributed by atoms with Crippen molar-refractivity contribution in [1.29, 1.82) is 0 Å². The molecule has 1 aromatic carbocycles. The lowest BCUT2D eigenvalue weighted by atomic mass is 10.0. The number of ether oxygens (including phenoxy) is 1. The Balaban J connectivity index is 2.66. The summed E-state index contributed by atoms with van der Waals surface area (Å²) in [4.78, 5) is 12.3. The number of phenolic OH excluding ortho intramolecular Hbond substituents is 3. The van der Waals surface area contributed by atoms with E-state index >= 15 is 0 Å². The van der Waals surface area contributed by atoms with Gasteiger partial charge in [0.2, 0.25) is 0 Å². The minimum atomic E-state index is -0.635. The van der Waals surface area contributed by atoms with Crippen molar-refractivity contribution in [2.75, 3.05) is 0 Å². The summed E-state index contributed by atoms with van der Waals surface area (Å²) < 4.78 is 5.60. The molecular weight excluding hydrogens is 320 g/mol. The molecule has 3 N–H and O–H groups in total. The number of esters is 1. The first-order valence-electron chi connectivity index (χ1n) is 9.31. The van der Waals surface area contributed by atoms with Gasteiger partial charge in [-0.2, -0.15) is 0 Å². The number of aromatic hydroxyl groups is 3. The van der Waals surface area contributed by atoms with E-state index in [9.17, 15) is 20.1 Å². The summed E-state index contributed by atoms with van der Waals surface area (Å²) in [6, 6.07) is 2.22. The first kappa shape index (κ1) is 21.1. The van der Waals surface area contributed by atoms with Crippen LogP contribution in [0.3, 0.4) is 0 Å². The lowest BCUT2D eigenvalue weighted by Crippen LogP contribution is -2.19. The zero-order valence-electron chi connectivity index (χ0n) is 15.6. The number of hydrogen-bond acceptors (Lipinski definition) is 5. The Morgan fingerprint density at radius 1 is 0.960 bits per heavy atom. The van der Waals surface area contributed by atoms with Crippen LogP contribution in [0.4, 0.5) is 0 Å². The average Bonchev–Trinajstić information content (AvgIpc) is 2.56. The predicted molar refractivity (Wildman–Crippen MR) is 98.1 cm³/mol. The molecule has 0 aliphatic carbocycles. The van der Waals surface area contributed by atoms with Gasteiger partial charge in [0, 0.05) is 0 Å². The molecule has 1 aromatic rings. The fourth-order valence-electron chi connectivity index (χ4n) is 2.70. The molecule has 0 fully saturated rings. The molecule has 0 aliphatic rings. The number of unbranched alkanes of at least 4 members (excludes halogenated alkanes) is 4. The molecule has 0 saturated carbocycles. The van der Waals surface area contributed by atoms with Crippen molar-refractivity contribution >= 4 is 5.97 Å². The molecule has 0 spiro atoms. The van der Waals surface area contributed by atoms with Gasteiger partial charge in [0.15, 0.2) is 17.2 Å². The third kappa shape index (κ3) is 7.67. The fourth-order valence-corrected chi connectivity index (χ4v) is 2.70. The molecule has 5 heteroatoms. The maximum absolute atomic E-state index is 12.3. The van der Waals surface area contributed by atoms with Crippen LogP contribution in [0.2, 0.25) is 0 Å². The van der Waals surface area contributed by atoms with Crippen LogP contribution in [0, 0.1) is 5.92 Å². The van der Waals surface area contributed by atoms with Crippen molar-refractivity contribution in [3.05, 3.63) is 17.7 Å². The molecule has 25 heavy (non-hydrogen) atoms. The Kier molecular flexibility index (Phi) is 9.17. The highest BCUT2D eigenvalue weighted by molar-refractivity contribution is 5.91. The van der Waals surface area contributed by atoms with E-state index in [2.05, 4.69) is 20.8 Å². The van der Waals surface area contributed by atoms with E-state index in [1.165, 1.54) is 19.3 Å². The summed E-state index contributed by atoms with van der Waals surface area (Å²) in [6.45, 7) is 6.45. The predicted octanol–water partition coefficient (Wildman–Crippen LogP) is 5.13. The van der Waals surface area contributed by atoms with E-state index in [4.69, 9.17) is 4.74 Å². The van der Waals surface area contributed by atoms with Gasteiger partial charge in [-0.15, -0.1) is 0 Å². The van der Waals surface area contributed by atoms with Crippen LogP contribution in [0.5, 0.6) is 17.2 Å².